The van der Waals surface area contributed by atoms with Crippen molar-refractivity contribution < 1.29 is 19.1 Å². The van der Waals surface area contributed by atoms with E-state index >= 15 is 0 Å². The largest absolute Gasteiger partial charge is 0.495 e. The zero-order valence-electron chi connectivity index (χ0n) is 16.5. The molecule has 0 bridgehead atoms. The number of piperidine rings is 1. The first-order chi connectivity index (χ1) is 14.0. The second-order valence-electron chi connectivity index (χ2n) is 6.69. The Kier molecular flexibility index (Phi) is 6.82. The van der Waals surface area contributed by atoms with Gasteiger partial charge < -0.3 is 25.0 Å². The van der Waals surface area contributed by atoms with Gasteiger partial charge in [-0.2, -0.15) is 0 Å². The summed E-state index contributed by atoms with van der Waals surface area (Å²) in [6, 6.07) is 10.5. The number of carbonyl (C=O) groups is 2. The third-order valence-corrected chi connectivity index (χ3v) is 5.07. The molecule has 3 rings (SSSR count). The first kappa shape index (κ1) is 20.8. The van der Waals surface area contributed by atoms with Crippen LogP contribution in [0.15, 0.2) is 36.4 Å². The fraction of sp³-hybridized carbons (Fsp3) is 0.333. The van der Waals surface area contributed by atoms with Gasteiger partial charge in [0.1, 0.15) is 11.5 Å². The number of methoxy groups -OCH3 is 2. The quantitative estimate of drug-likeness (QED) is 0.720. The summed E-state index contributed by atoms with van der Waals surface area (Å²) in [5, 5.41) is 5.46. The number of hydrogen-bond acceptors (Lipinski definition) is 5. The standard InChI is InChI=1S/C21H24ClN3O4/c1-28-18-13-17(19(29-2)12-16(18)22)24-21(27)20(26)23-14-6-8-15(9-7-14)25-10-4-3-5-11-25/h6-9,12-13H,3-5,10-11H2,1-2H3,(H,23,26)(H,24,27). The van der Waals surface area contributed by atoms with Crippen molar-refractivity contribution in [1.29, 1.82) is 0 Å². The van der Waals surface area contributed by atoms with Crippen LogP contribution in [0.2, 0.25) is 5.02 Å². The molecule has 0 aromatic heterocycles. The van der Waals surface area contributed by atoms with Crippen LogP contribution < -0.4 is 25.0 Å². The Morgan fingerprint density at radius 2 is 1.52 bits per heavy atom. The fourth-order valence-electron chi connectivity index (χ4n) is 3.23. The van der Waals surface area contributed by atoms with E-state index in [1.165, 1.54) is 45.6 Å². The predicted molar refractivity (Wildman–Crippen MR) is 114 cm³/mol. The number of nitrogens with zero attached hydrogens (tertiary/aromatic N) is 1. The number of anilines is 3. The van der Waals surface area contributed by atoms with Crippen LogP contribution in [0.5, 0.6) is 11.5 Å². The van der Waals surface area contributed by atoms with Gasteiger partial charge in [-0.05, 0) is 43.5 Å². The molecule has 1 aliphatic rings. The third kappa shape index (κ3) is 5.12. The molecule has 1 aliphatic heterocycles. The summed E-state index contributed by atoms with van der Waals surface area (Å²) in [7, 11) is 2.90. The van der Waals surface area contributed by atoms with Crippen LogP contribution in [0.1, 0.15) is 19.3 Å². The zero-order chi connectivity index (χ0) is 20.8. The number of nitrogens with one attached hydrogen (secondary N) is 2. The predicted octanol–water partition coefficient (Wildman–Crippen LogP) is 3.92. The van der Waals surface area contributed by atoms with Crippen LogP contribution in [-0.4, -0.2) is 39.1 Å². The smallest absolute Gasteiger partial charge is 0.314 e. The molecule has 0 unspecified atom stereocenters. The Morgan fingerprint density at radius 3 is 2.14 bits per heavy atom. The molecule has 1 fully saturated rings. The zero-order valence-corrected chi connectivity index (χ0v) is 17.2. The molecule has 0 aliphatic carbocycles. The van der Waals surface area contributed by atoms with Crippen molar-refractivity contribution in [2.75, 3.05) is 42.8 Å². The number of rotatable bonds is 5. The second-order valence-corrected chi connectivity index (χ2v) is 7.10. The molecule has 0 spiro atoms. The fourth-order valence-corrected chi connectivity index (χ4v) is 3.46. The topological polar surface area (TPSA) is 79.9 Å². The number of halogens is 1. The molecular weight excluding hydrogens is 394 g/mol. The van der Waals surface area contributed by atoms with Gasteiger partial charge in [-0.25, -0.2) is 0 Å². The van der Waals surface area contributed by atoms with Crippen molar-refractivity contribution in [1.82, 2.24) is 0 Å². The Morgan fingerprint density at radius 1 is 0.897 bits per heavy atom. The van der Waals surface area contributed by atoms with Crippen LogP contribution in [0, 0.1) is 0 Å². The molecule has 2 aromatic carbocycles. The molecule has 0 radical (unpaired) electrons. The van der Waals surface area contributed by atoms with Gasteiger partial charge in [0, 0.05) is 36.6 Å². The van der Waals surface area contributed by atoms with Gasteiger partial charge in [0.15, 0.2) is 0 Å². The number of carbonyl (C=O) groups excluding carboxylic acids is 2. The number of benzene rings is 2. The molecule has 2 aromatic rings. The summed E-state index contributed by atoms with van der Waals surface area (Å²) >= 11 is 6.06. The van der Waals surface area contributed by atoms with E-state index in [-0.39, 0.29) is 5.69 Å². The molecule has 1 saturated heterocycles. The molecule has 1 heterocycles. The molecule has 2 amide bonds. The monoisotopic (exact) mass is 417 g/mol. The lowest BCUT2D eigenvalue weighted by Gasteiger charge is -2.28. The summed E-state index contributed by atoms with van der Waals surface area (Å²) in [6.45, 7) is 2.08. The summed E-state index contributed by atoms with van der Waals surface area (Å²) < 4.78 is 10.3. The third-order valence-electron chi connectivity index (χ3n) is 4.77. The summed E-state index contributed by atoms with van der Waals surface area (Å²) in [5.74, 6) is -0.932. The van der Waals surface area contributed by atoms with Gasteiger partial charge in [0.05, 0.1) is 24.9 Å². The van der Waals surface area contributed by atoms with Gasteiger partial charge in [-0.1, -0.05) is 11.6 Å². The maximum atomic E-state index is 12.3. The highest BCUT2D eigenvalue weighted by molar-refractivity contribution is 6.44. The SMILES string of the molecule is COc1cc(NC(=O)C(=O)Nc2ccc(N3CCCCC3)cc2)c(OC)cc1Cl. The van der Waals surface area contributed by atoms with Gasteiger partial charge >= 0.3 is 11.8 Å². The Bertz CT molecular complexity index is 880. The minimum Gasteiger partial charge on any atom is -0.495 e. The van der Waals surface area contributed by atoms with Crippen molar-refractivity contribution in [3.8, 4) is 11.5 Å². The van der Waals surface area contributed by atoms with Crippen LogP contribution in [0.3, 0.4) is 0 Å². The van der Waals surface area contributed by atoms with E-state index in [1.54, 1.807) is 12.1 Å². The average molecular weight is 418 g/mol. The molecule has 8 heteroatoms. The minimum absolute atomic E-state index is 0.286. The van der Waals surface area contributed by atoms with Crippen LogP contribution in [0.4, 0.5) is 17.1 Å². The first-order valence-corrected chi connectivity index (χ1v) is 9.78. The van der Waals surface area contributed by atoms with E-state index in [9.17, 15) is 9.59 Å². The molecule has 154 valence electrons. The van der Waals surface area contributed by atoms with Crippen molar-refractivity contribution in [3.63, 3.8) is 0 Å². The lowest BCUT2D eigenvalue weighted by Crippen LogP contribution is -2.30. The normalized spacial score (nSPS) is 13.6. The van der Waals surface area contributed by atoms with Crippen LogP contribution in [0.25, 0.3) is 0 Å². The Hall–Kier alpha value is -2.93. The van der Waals surface area contributed by atoms with Gasteiger partial charge in [-0.15, -0.1) is 0 Å². The van der Waals surface area contributed by atoms with E-state index in [0.717, 1.165) is 18.8 Å². The van der Waals surface area contributed by atoms with Crippen LogP contribution in [-0.2, 0) is 9.59 Å². The summed E-state index contributed by atoms with van der Waals surface area (Å²) in [5.41, 5.74) is 1.95. The number of ether oxygens (including phenoxy) is 2. The van der Waals surface area contributed by atoms with Crippen molar-refractivity contribution >= 4 is 40.5 Å². The number of hydrogen-bond donors (Lipinski definition) is 2. The van der Waals surface area contributed by atoms with Crippen molar-refractivity contribution in [3.05, 3.63) is 41.4 Å². The Balaban J connectivity index is 1.64. The highest BCUT2D eigenvalue weighted by Gasteiger charge is 2.18. The van der Waals surface area contributed by atoms with E-state index in [0.29, 0.717) is 22.2 Å². The second kappa shape index (κ2) is 9.52. The van der Waals surface area contributed by atoms with Gasteiger partial charge in [0.25, 0.3) is 0 Å². The molecule has 2 N–H and O–H groups in total. The molecular formula is C21H24ClN3O4. The Labute approximate surface area is 174 Å². The maximum Gasteiger partial charge on any atom is 0.314 e. The van der Waals surface area contributed by atoms with Crippen LogP contribution >= 0.6 is 11.6 Å². The molecule has 29 heavy (non-hydrogen) atoms. The molecule has 0 atom stereocenters. The highest BCUT2D eigenvalue weighted by Crippen LogP contribution is 2.35. The van der Waals surface area contributed by atoms with Gasteiger partial charge in [-0.3, -0.25) is 9.59 Å². The average Bonchev–Trinajstić information content (AvgIpc) is 2.75. The summed E-state index contributed by atoms with van der Waals surface area (Å²) in [6.07, 6.45) is 3.65. The van der Waals surface area contributed by atoms with E-state index in [2.05, 4.69) is 15.5 Å². The van der Waals surface area contributed by atoms with E-state index in [4.69, 9.17) is 21.1 Å². The minimum atomic E-state index is -0.826. The molecule has 0 saturated carbocycles. The van der Waals surface area contributed by atoms with E-state index in [1.807, 2.05) is 12.1 Å². The summed E-state index contributed by atoms with van der Waals surface area (Å²) in [4.78, 5) is 26.9. The lowest BCUT2D eigenvalue weighted by molar-refractivity contribution is -0.133. The maximum absolute atomic E-state index is 12.3. The van der Waals surface area contributed by atoms with E-state index < -0.39 is 11.8 Å². The number of amides is 2. The highest BCUT2D eigenvalue weighted by atomic mass is 35.5. The van der Waals surface area contributed by atoms with Crippen molar-refractivity contribution in [2.24, 2.45) is 0 Å². The molecule has 7 nitrogen and oxygen atoms in total. The first-order valence-electron chi connectivity index (χ1n) is 9.40. The van der Waals surface area contributed by atoms with Gasteiger partial charge in [0.2, 0.25) is 0 Å². The lowest BCUT2D eigenvalue weighted by atomic mass is 10.1. The van der Waals surface area contributed by atoms with Crippen molar-refractivity contribution in [2.45, 2.75) is 19.3 Å².